The fraction of sp³-hybridized carbons (Fsp3) is 0.615. The van der Waals surface area contributed by atoms with E-state index >= 15 is 0 Å². The summed E-state index contributed by atoms with van der Waals surface area (Å²) in [5.41, 5.74) is 7.29. The Balaban J connectivity index is 2.04. The lowest BCUT2D eigenvalue weighted by Gasteiger charge is -2.35. The van der Waals surface area contributed by atoms with E-state index in [1.54, 1.807) is 23.1 Å². The van der Waals surface area contributed by atoms with Gasteiger partial charge in [0.25, 0.3) is 0 Å². The molecule has 2 rings (SSSR count). The minimum Gasteiger partial charge on any atom is -0.334 e. The van der Waals surface area contributed by atoms with Crippen molar-refractivity contribution in [3.63, 3.8) is 0 Å². The van der Waals surface area contributed by atoms with Crippen LogP contribution in [0.15, 0.2) is 11.4 Å². The van der Waals surface area contributed by atoms with Crippen LogP contribution in [0.2, 0.25) is 0 Å². The highest BCUT2D eigenvalue weighted by molar-refractivity contribution is 7.98. The first-order chi connectivity index (χ1) is 8.65. The van der Waals surface area contributed by atoms with Crippen LogP contribution in [0.3, 0.4) is 0 Å². The van der Waals surface area contributed by atoms with Crippen molar-refractivity contribution in [2.45, 2.75) is 31.8 Å². The van der Waals surface area contributed by atoms with E-state index in [0.717, 1.165) is 25.1 Å². The van der Waals surface area contributed by atoms with E-state index in [1.165, 1.54) is 10.4 Å². The average molecular weight is 284 g/mol. The highest BCUT2D eigenvalue weighted by Gasteiger charge is 2.30. The van der Waals surface area contributed by atoms with E-state index in [0.29, 0.717) is 0 Å². The lowest BCUT2D eigenvalue weighted by molar-refractivity contribution is -0.135. The molecule has 18 heavy (non-hydrogen) atoms. The first kappa shape index (κ1) is 13.9. The molecule has 0 fully saturated rings. The number of thiophene rings is 1. The molecule has 0 saturated heterocycles. The first-order valence-electron chi connectivity index (χ1n) is 6.26. The summed E-state index contributed by atoms with van der Waals surface area (Å²) < 4.78 is 0. The lowest BCUT2D eigenvalue weighted by atomic mass is 10.0. The molecule has 0 saturated carbocycles. The number of hydrogen-bond donors (Lipinski definition) is 1. The molecule has 1 amide bonds. The molecule has 3 nitrogen and oxygen atoms in total. The van der Waals surface area contributed by atoms with Gasteiger partial charge < -0.3 is 10.6 Å². The van der Waals surface area contributed by atoms with Crippen LogP contribution >= 0.6 is 23.1 Å². The molecular formula is C13H20N2OS2. The summed E-state index contributed by atoms with van der Waals surface area (Å²) >= 11 is 3.53. The molecule has 1 aliphatic heterocycles. The molecule has 2 heterocycles. The van der Waals surface area contributed by atoms with E-state index in [2.05, 4.69) is 18.4 Å². The van der Waals surface area contributed by atoms with Gasteiger partial charge in [-0.25, -0.2) is 0 Å². The predicted molar refractivity (Wildman–Crippen MR) is 79.1 cm³/mol. The second-order valence-electron chi connectivity index (χ2n) is 4.64. The Kier molecular flexibility index (Phi) is 4.70. The molecule has 1 aromatic rings. The number of hydrogen-bond acceptors (Lipinski definition) is 4. The number of carbonyl (C=O) groups excluding carboxylic acids is 1. The Bertz CT molecular complexity index is 419. The zero-order valence-electron chi connectivity index (χ0n) is 10.9. The number of thioether (sulfide) groups is 1. The summed E-state index contributed by atoms with van der Waals surface area (Å²) in [7, 11) is 0. The van der Waals surface area contributed by atoms with Crippen molar-refractivity contribution in [1.82, 2.24) is 4.90 Å². The standard InChI is InChI=1S/C13H20N2OS2/c1-9-10-4-8-18-12(10)3-6-15(9)13(16)11(14)5-7-17-2/h4,8-9,11H,3,5-7,14H2,1-2H3/t9?,11-/m0/s1. The summed E-state index contributed by atoms with van der Waals surface area (Å²) in [5, 5.41) is 2.11. The lowest BCUT2D eigenvalue weighted by Crippen LogP contribution is -2.47. The Hall–Kier alpha value is -0.520. The van der Waals surface area contributed by atoms with Crippen molar-refractivity contribution in [3.05, 3.63) is 21.9 Å². The van der Waals surface area contributed by atoms with Crippen LogP contribution in [0.4, 0.5) is 0 Å². The Morgan fingerprint density at radius 1 is 1.72 bits per heavy atom. The molecule has 0 bridgehead atoms. The molecule has 2 atom stereocenters. The van der Waals surface area contributed by atoms with Gasteiger partial charge in [0.15, 0.2) is 0 Å². The number of amides is 1. The maximum absolute atomic E-state index is 12.3. The quantitative estimate of drug-likeness (QED) is 0.922. The molecule has 0 spiro atoms. The largest absolute Gasteiger partial charge is 0.334 e. The normalized spacial score (nSPS) is 20.6. The third-order valence-electron chi connectivity index (χ3n) is 3.51. The van der Waals surface area contributed by atoms with Gasteiger partial charge in [-0.05, 0) is 48.8 Å². The van der Waals surface area contributed by atoms with Gasteiger partial charge in [-0.2, -0.15) is 11.8 Å². The van der Waals surface area contributed by atoms with Crippen molar-refractivity contribution in [1.29, 1.82) is 0 Å². The average Bonchev–Trinajstić information content (AvgIpc) is 2.84. The molecule has 0 radical (unpaired) electrons. The van der Waals surface area contributed by atoms with Crippen LogP contribution in [0.1, 0.15) is 29.8 Å². The predicted octanol–water partition coefficient (Wildman–Crippen LogP) is 2.27. The van der Waals surface area contributed by atoms with E-state index in [-0.39, 0.29) is 18.0 Å². The van der Waals surface area contributed by atoms with Gasteiger partial charge in [0.2, 0.25) is 5.91 Å². The van der Waals surface area contributed by atoms with Crippen molar-refractivity contribution in [2.75, 3.05) is 18.6 Å². The fourth-order valence-electron chi connectivity index (χ4n) is 2.39. The second-order valence-corrected chi connectivity index (χ2v) is 6.63. The van der Waals surface area contributed by atoms with Gasteiger partial charge in [0, 0.05) is 11.4 Å². The fourth-order valence-corrected chi connectivity index (χ4v) is 3.84. The number of rotatable bonds is 4. The SMILES string of the molecule is CSCC[C@H](N)C(=O)N1CCc2sccc2C1C. The van der Waals surface area contributed by atoms with Crippen molar-refractivity contribution < 1.29 is 4.79 Å². The number of nitrogens with zero attached hydrogens (tertiary/aromatic N) is 1. The second kappa shape index (κ2) is 6.08. The highest BCUT2D eigenvalue weighted by atomic mass is 32.2. The number of nitrogens with two attached hydrogens (primary N) is 1. The molecule has 1 unspecified atom stereocenters. The smallest absolute Gasteiger partial charge is 0.240 e. The van der Waals surface area contributed by atoms with E-state index in [9.17, 15) is 4.79 Å². The van der Waals surface area contributed by atoms with Gasteiger partial charge >= 0.3 is 0 Å². The third kappa shape index (κ3) is 2.73. The van der Waals surface area contributed by atoms with E-state index < -0.39 is 0 Å². The monoisotopic (exact) mass is 284 g/mol. The Morgan fingerprint density at radius 2 is 2.50 bits per heavy atom. The van der Waals surface area contributed by atoms with Gasteiger partial charge in [0.05, 0.1) is 12.1 Å². The maximum atomic E-state index is 12.3. The van der Waals surface area contributed by atoms with Gasteiger partial charge in [-0.1, -0.05) is 0 Å². The summed E-state index contributed by atoms with van der Waals surface area (Å²) in [5.74, 6) is 1.05. The zero-order valence-corrected chi connectivity index (χ0v) is 12.5. The zero-order chi connectivity index (χ0) is 13.1. The molecule has 0 aromatic carbocycles. The topological polar surface area (TPSA) is 46.3 Å². The molecule has 5 heteroatoms. The van der Waals surface area contributed by atoms with Crippen molar-refractivity contribution >= 4 is 29.0 Å². The molecule has 1 aliphatic rings. The van der Waals surface area contributed by atoms with E-state index in [4.69, 9.17) is 5.73 Å². The summed E-state index contributed by atoms with van der Waals surface area (Å²) in [6.07, 6.45) is 3.77. The van der Waals surface area contributed by atoms with Crippen LogP contribution in [0.5, 0.6) is 0 Å². The Labute approximate surface area is 117 Å². The minimum atomic E-state index is -0.347. The summed E-state index contributed by atoms with van der Waals surface area (Å²) in [6.45, 7) is 2.91. The minimum absolute atomic E-state index is 0.105. The molecule has 1 aromatic heterocycles. The van der Waals surface area contributed by atoms with Gasteiger partial charge in [-0.3, -0.25) is 4.79 Å². The maximum Gasteiger partial charge on any atom is 0.240 e. The van der Waals surface area contributed by atoms with Crippen LogP contribution in [-0.2, 0) is 11.2 Å². The summed E-state index contributed by atoms with van der Waals surface area (Å²) in [4.78, 5) is 15.7. The van der Waals surface area contributed by atoms with Gasteiger partial charge in [-0.15, -0.1) is 11.3 Å². The Morgan fingerprint density at radius 3 is 3.22 bits per heavy atom. The van der Waals surface area contributed by atoms with Crippen LogP contribution in [0.25, 0.3) is 0 Å². The highest BCUT2D eigenvalue weighted by Crippen LogP contribution is 2.33. The van der Waals surface area contributed by atoms with Crippen molar-refractivity contribution in [3.8, 4) is 0 Å². The van der Waals surface area contributed by atoms with Crippen LogP contribution < -0.4 is 5.73 Å². The van der Waals surface area contributed by atoms with Crippen molar-refractivity contribution in [2.24, 2.45) is 5.73 Å². The summed E-state index contributed by atoms with van der Waals surface area (Å²) in [6, 6.07) is 1.96. The first-order valence-corrected chi connectivity index (χ1v) is 8.53. The molecule has 2 N–H and O–H groups in total. The number of carbonyl (C=O) groups is 1. The van der Waals surface area contributed by atoms with E-state index in [1.807, 2.05) is 11.2 Å². The number of fused-ring (bicyclic) bond motifs is 1. The van der Waals surface area contributed by atoms with Gasteiger partial charge in [0.1, 0.15) is 0 Å². The van der Waals surface area contributed by atoms with Crippen LogP contribution in [0, 0.1) is 0 Å². The third-order valence-corrected chi connectivity index (χ3v) is 5.15. The molecule has 0 aliphatic carbocycles. The van der Waals surface area contributed by atoms with Crippen LogP contribution in [-0.4, -0.2) is 35.4 Å². The molecular weight excluding hydrogens is 264 g/mol. The molecule has 100 valence electrons.